The Labute approximate surface area is 78.2 Å². The molecule has 0 bridgehead atoms. The Balaban J connectivity index is 2.27. The van der Waals surface area contributed by atoms with Gasteiger partial charge in [-0.1, -0.05) is 5.46 Å². The third kappa shape index (κ3) is 1.81. The Hall–Kier alpha value is -1.50. The van der Waals surface area contributed by atoms with Gasteiger partial charge in [0.15, 0.2) is 0 Å². The lowest BCUT2D eigenvalue weighted by Crippen LogP contribution is -2.10. The lowest BCUT2D eigenvalue weighted by atomic mass is 9.97. The molecule has 2 rings (SSSR count). The molecule has 0 amide bonds. The van der Waals surface area contributed by atoms with Crippen LogP contribution in [0.5, 0.6) is 0 Å². The molecule has 0 radical (unpaired) electrons. The average Bonchev–Trinajstić information content (AvgIpc) is 2.92. The summed E-state index contributed by atoms with van der Waals surface area (Å²) in [7, 11) is 1.94. The fraction of sp³-hybridized carbons (Fsp3) is 0.333. The van der Waals surface area contributed by atoms with E-state index in [2.05, 4.69) is 16.4 Å². The van der Waals surface area contributed by atoms with E-state index in [0.29, 0.717) is 11.6 Å². The van der Waals surface area contributed by atoms with Gasteiger partial charge in [-0.05, 0) is 18.9 Å². The molecule has 1 saturated carbocycles. The van der Waals surface area contributed by atoms with Crippen molar-refractivity contribution >= 4 is 19.1 Å². The second-order valence-corrected chi connectivity index (χ2v) is 3.44. The van der Waals surface area contributed by atoms with E-state index in [1.54, 1.807) is 6.20 Å². The van der Waals surface area contributed by atoms with Crippen molar-refractivity contribution in [2.24, 2.45) is 0 Å². The lowest BCUT2D eigenvalue weighted by molar-refractivity contribution is 1.11. The molecule has 0 spiro atoms. The van der Waals surface area contributed by atoms with Gasteiger partial charge in [-0.25, -0.2) is 4.98 Å². The summed E-state index contributed by atoms with van der Waals surface area (Å²) in [6, 6.07) is 4.55. The van der Waals surface area contributed by atoms with Crippen molar-refractivity contribution in [3.8, 4) is 6.07 Å². The van der Waals surface area contributed by atoms with E-state index in [1.807, 2.05) is 13.9 Å². The van der Waals surface area contributed by atoms with Gasteiger partial charge in [0, 0.05) is 12.2 Å². The van der Waals surface area contributed by atoms with Gasteiger partial charge in [-0.3, -0.25) is 0 Å². The zero-order valence-electron chi connectivity index (χ0n) is 7.54. The maximum absolute atomic E-state index is 8.85. The van der Waals surface area contributed by atoms with Crippen LogP contribution in [-0.4, -0.2) is 18.9 Å². The Kier molecular flexibility index (Phi) is 1.93. The molecule has 3 nitrogen and oxygen atoms in total. The molecule has 1 aliphatic carbocycles. The smallest absolute Gasteiger partial charge is 0.144 e. The van der Waals surface area contributed by atoms with Crippen LogP contribution in [0, 0.1) is 11.3 Å². The molecule has 0 unspecified atom stereocenters. The zero-order chi connectivity index (χ0) is 9.26. The van der Waals surface area contributed by atoms with E-state index < -0.39 is 0 Å². The van der Waals surface area contributed by atoms with Crippen LogP contribution >= 0.6 is 0 Å². The van der Waals surface area contributed by atoms with Crippen molar-refractivity contribution in [1.82, 2.24) is 4.98 Å². The molecule has 64 valence electrons. The Morgan fingerprint density at radius 1 is 1.62 bits per heavy atom. The highest BCUT2D eigenvalue weighted by molar-refractivity contribution is 6.32. The van der Waals surface area contributed by atoms with Crippen molar-refractivity contribution in [1.29, 1.82) is 5.26 Å². The molecule has 1 heterocycles. The largest absolute Gasteiger partial charge is 0.366 e. The fourth-order valence-electron chi connectivity index (χ4n) is 1.19. The van der Waals surface area contributed by atoms with Crippen molar-refractivity contribution in [2.45, 2.75) is 18.9 Å². The number of pyridine rings is 1. The first kappa shape index (κ1) is 8.12. The number of aromatic nitrogens is 1. The van der Waals surface area contributed by atoms with Crippen LogP contribution in [0.3, 0.4) is 0 Å². The maximum Gasteiger partial charge on any atom is 0.144 e. The van der Waals surface area contributed by atoms with Crippen LogP contribution in [0.4, 0.5) is 5.82 Å². The minimum Gasteiger partial charge on any atom is -0.366 e. The highest BCUT2D eigenvalue weighted by Gasteiger charge is 2.22. The van der Waals surface area contributed by atoms with E-state index in [1.165, 1.54) is 12.8 Å². The molecular weight excluding hydrogens is 161 g/mol. The predicted molar refractivity (Wildman–Crippen MR) is 53.8 cm³/mol. The van der Waals surface area contributed by atoms with E-state index >= 15 is 0 Å². The first-order valence-electron chi connectivity index (χ1n) is 4.43. The van der Waals surface area contributed by atoms with Crippen molar-refractivity contribution in [2.75, 3.05) is 5.32 Å². The standard InChI is InChI=1S/C9H10BN3/c10-7-3-6(4-11)9(12-5-7)13-8-1-2-8/h3,5,8H,1-2,10H2,(H,12,13). The molecule has 0 aromatic carbocycles. The summed E-state index contributed by atoms with van der Waals surface area (Å²) in [5.41, 5.74) is 1.67. The summed E-state index contributed by atoms with van der Waals surface area (Å²) in [6.45, 7) is 0. The van der Waals surface area contributed by atoms with E-state index in [-0.39, 0.29) is 0 Å². The third-order valence-electron chi connectivity index (χ3n) is 2.06. The highest BCUT2D eigenvalue weighted by atomic mass is 15.0. The summed E-state index contributed by atoms with van der Waals surface area (Å²) in [5, 5.41) is 12.1. The molecule has 1 aromatic rings. The number of nitrogens with zero attached hydrogens (tertiary/aromatic N) is 2. The molecule has 0 atom stereocenters. The van der Waals surface area contributed by atoms with Crippen LogP contribution in [0.15, 0.2) is 12.3 Å². The second-order valence-electron chi connectivity index (χ2n) is 3.44. The van der Waals surface area contributed by atoms with Crippen LogP contribution in [0.25, 0.3) is 0 Å². The number of nitriles is 1. The molecule has 0 aliphatic heterocycles. The average molecular weight is 171 g/mol. The first-order valence-corrected chi connectivity index (χ1v) is 4.43. The number of hydrogen-bond acceptors (Lipinski definition) is 3. The number of rotatable bonds is 2. The van der Waals surface area contributed by atoms with Gasteiger partial charge in [0.1, 0.15) is 19.7 Å². The van der Waals surface area contributed by atoms with Gasteiger partial charge < -0.3 is 5.32 Å². The minimum atomic E-state index is 0.544. The van der Waals surface area contributed by atoms with Crippen molar-refractivity contribution < 1.29 is 0 Å². The molecular formula is C9H10BN3. The van der Waals surface area contributed by atoms with Gasteiger partial charge >= 0.3 is 0 Å². The number of nitrogens with one attached hydrogen (secondary N) is 1. The monoisotopic (exact) mass is 171 g/mol. The molecule has 0 saturated heterocycles. The molecule has 4 heteroatoms. The molecule has 1 N–H and O–H groups in total. The molecule has 1 fully saturated rings. The summed E-state index contributed by atoms with van der Waals surface area (Å²) < 4.78 is 0. The van der Waals surface area contributed by atoms with E-state index in [0.717, 1.165) is 11.3 Å². The van der Waals surface area contributed by atoms with Crippen LogP contribution in [0.2, 0.25) is 0 Å². The second kappa shape index (κ2) is 3.10. The number of hydrogen-bond donors (Lipinski definition) is 1. The third-order valence-corrected chi connectivity index (χ3v) is 2.06. The van der Waals surface area contributed by atoms with Crippen molar-refractivity contribution in [3.63, 3.8) is 0 Å². The van der Waals surface area contributed by atoms with E-state index in [9.17, 15) is 0 Å². The minimum absolute atomic E-state index is 0.544. The van der Waals surface area contributed by atoms with Gasteiger partial charge in [-0.15, -0.1) is 0 Å². The summed E-state index contributed by atoms with van der Waals surface area (Å²) in [4.78, 5) is 4.20. The van der Waals surface area contributed by atoms with Gasteiger partial charge in [0.25, 0.3) is 0 Å². The van der Waals surface area contributed by atoms with Crippen LogP contribution in [0.1, 0.15) is 18.4 Å². The topological polar surface area (TPSA) is 48.7 Å². The molecule has 1 aromatic heterocycles. The van der Waals surface area contributed by atoms with Gasteiger partial charge in [-0.2, -0.15) is 5.26 Å². The Morgan fingerprint density at radius 2 is 2.38 bits per heavy atom. The molecule has 13 heavy (non-hydrogen) atoms. The van der Waals surface area contributed by atoms with Crippen molar-refractivity contribution in [3.05, 3.63) is 17.8 Å². The predicted octanol–water partition coefficient (Wildman–Crippen LogP) is -0.214. The summed E-state index contributed by atoms with van der Waals surface area (Å²) in [6.07, 6.45) is 4.17. The summed E-state index contributed by atoms with van der Waals surface area (Å²) in [5.74, 6) is 0.732. The maximum atomic E-state index is 8.85. The molecule has 1 aliphatic rings. The first-order chi connectivity index (χ1) is 6.29. The quantitative estimate of drug-likeness (QED) is 0.626. The van der Waals surface area contributed by atoms with Crippen LogP contribution < -0.4 is 10.8 Å². The van der Waals surface area contributed by atoms with Gasteiger partial charge in [0.05, 0.1) is 5.56 Å². The fourth-order valence-corrected chi connectivity index (χ4v) is 1.19. The SMILES string of the molecule is Bc1cnc(NC2CC2)c(C#N)c1. The van der Waals surface area contributed by atoms with Gasteiger partial charge in [0.2, 0.25) is 0 Å². The zero-order valence-corrected chi connectivity index (χ0v) is 7.54. The number of anilines is 1. The Bertz CT molecular complexity index is 366. The summed E-state index contributed by atoms with van der Waals surface area (Å²) >= 11 is 0. The lowest BCUT2D eigenvalue weighted by Gasteiger charge is -2.05. The van der Waals surface area contributed by atoms with Crippen LogP contribution in [-0.2, 0) is 0 Å². The Morgan fingerprint density at radius 3 is 3.00 bits per heavy atom. The highest BCUT2D eigenvalue weighted by Crippen LogP contribution is 2.24. The van der Waals surface area contributed by atoms with E-state index in [4.69, 9.17) is 5.26 Å². The normalized spacial score (nSPS) is 15.0.